The van der Waals surface area contributed by atoms with E-state index in [1.54, 1.807) is 30.0 Å². The maximum Gasteiger partial charge on any atom is 0.338 e. The molecule has 0 bridgehead atoms. The van der Waals surface area contributed by atoms with Crippen LogP contribution in [0.1, 0.15) is 47.3 Å². The number of nitriles is 1. The second-order valence-corrected chi connectivity index (χ2v) is 9.12. The number of pyridine rings is 1. The SMILES string of the molecule is CCOC(=O)c1cc(F)c2oc(-c3cc(-c4ccc(C#N)cc4-c4nncn4C)cc(C4CC4)n3)nc2c1. The normalized spacial score (nSPS) is 13.0. The number of nitrogens with zero attached hydrogens (tertiary/aromatic N) is 6. The van der Waals surface area contributed by atoms with Gasteiger partial charge in [-0.3, -0.25) is 0 Å². The van der Waals surface area contributed by atoms with Gasteiger partial charge in [-0.05, 0) is 67.3 Å². The molecule has 0 amide bonds. The number of hydrogen-bond acceptors (Lipinski definition) is 8. The highest BCUT2D eigenvalue weighted by atomic mass is 19.1. The molecule has 2 aromatic carbocycles. The summed E-state index contributed by atoms with van der Waals surface area (Å²) < 4.78 is 27.4. The van der Waals surface area contributed by atoms with Crippen molar-refractivity contribution in [3.63, 3.8) is 0 Å². The molecule has 188 valence electrons. The summed E-state index contributed by atoms with van der Waals surface area (Å²) in [6, 6.07) is 13.9. The van der Waals surface area contributed by atoms with Gasteiger partial charge in [0.15, 0.2) is 17.2 Å². The first-order valence-corrected chi connectivity index (χ1v) is 12.1. The topological polar surface area (TPSA) is 120 Å². The molecule has 3 aromatic heterocycles. The molecule has 0 unspecified atom stereocenters. The number of fused-ring (bicyclic) bond motifs is 1. The van der Waals surface area contributed by atoms with Crippen LogP contribution in [-0.2, 0) is 11.8 Å². The molecule has 0 spiro atoms. The largest absolute Gasteiger partial charge is 0.462 e. The van der Waals surface area contributed by atoms with Crippen LogP contribution in [0.25, 0.3) is 45.2 Å². The molecule has 1 aliphatic rings. The molecule has 6 rings (SSSR count). The highest BCUT2D eigenvalue weighted by Crippen LogP contribution is 2.42. The van der Waals surface area contributed by atoms with Crippen LogP contribution in [0.3, 0.4) is 0 Å². The number of esters is 1. The van der Waals surface area contributed by atoms with E-state index in [1.165, 1.54) is 6.07 Å². The Balaban J connectivity index is 1.51. The van der Waals surface area contributed by atoms with Crippen molar-refractivity contribution in [2.45, 2.75) is 25.7 Å². The minimum absolute atomic E-state index is 0.0583. The Bertz CT molecular complexity index is 1760. The monoisotopic (exact) mass is 508 g/mol. The highest BCUT2D eigenvalue weighted by Gasteiger charge is 2.28. The lowest BCUT2D eigenvalue weighted by Crippen LogP contribution is -2.04. The summed E-state index contributed by atoms with van der Waals surface area (Å²) in [5, 5.41) is 17.7. The van der Waals surface area contributed by atoms with Gasteiger partial charge in [-0.1, -0.05) is 6.07 Å². The minimum atomic E-state index is -0.709. The Labute approximate surface area is 216 Å². The van der Waals surface area contributed by atoms with Gasteiger partial charge in [0.05, 0.1) is 23.8 Å². The molecular formula is C28H21FN6O3. The zero-order valence-corrected chi connectivity index (χ0v) is 20.6. The molecule has 0 radical (unpaired) electrons. The number of rotatable bonds is 6. The van der Waals surface area contributed by atoms with Gasteiger partial charge >= 0.3 is 5.97 Å². The van der Waals surface area contributed by atoms with E-state index in [2.05, 4.69) is 21.3 Å². The van der Waals surface area contributed by atoms with Crippen molar-refractivity contribution < 1.29 is 18.3 Å². The summed E-state index contributed by atoms with van der Waals surface area (Å²) in [5.41, 5.74) is 4.40. The predicted molar refractivity (Wildman–Crippen MR) is 135 cm³/mol. The van der Waals surface area contributed by atoms with Crippen LogP contribution in [0.4, 0.5) is 4.39 Å². The zero-order chi connectivity index (χ0) is 26.4. The third-order valence-electron chi connectivity index (χ3n) is 6.43. The molecule has 1 fully saturated rings. The lowest BCUT2D eigenvalue weighted by molar-refractivity contribution is 0.0526. The highest BCUT2D eigenvalue weighted by molar-refractivity contribution is 5.94. The number of aromatic nitrogens is 5. The Morgan fingerprint density at radius 1 is 1.18 bits per heavy atom. The van der Waals surface area contributed by atoms with E-state index in [0.29, 0.717) is 23.0 Å². The van der Waals surface area contributed by atoms with Crippen LogP contribution in [-0.4, -0.2) is 37.3 Å². The summed E-state index contributed by atoms with van der Waals surface area (Å²) >= 11 is 0. The maximum absolute atomic E-state index is 14.9. The second kappa shape index (κ2) is 9.19. The maximum atomic E-state index is 14.9. The first kappa shape index (κ1) is 23.5. The number of carbonyl (C=O) groups excluding carboxylic acids is 1. The van der Waals surface area contributed by atoms with Gasteiger partial charge in [-0.25, -0.2) is 19.2 Å². The Morgan fingerprint density at radius 3 is 2.74 bits per heavy atom. The molecule has 1 saturated carbocycles. The smallest absolute Gasteiger partial charge is 0.338 e. The number of aryl methyl sites for hydroxylation is 1. The van der Waals surface area contributed by atoms with Crippen LogP contribution >= 0.6 is 0 Å². The van der Waals surface area contributed by atoms with E-state index in [0.717, 1.165) is 41.3 Å². The van der Waals surface area contributed by atoms with Crippen LogP contribution < -0.4 is 0 Å². The van der Waals surface area contributed by atoms with Gasteiger partial charge in [-0.15, -0.1) is 10.2 Å². The summed E-state index contributed by atoms with van der Waals surface area (Å²) in [7, 11) is 1.84. The quantitative estimate of drug-likeness (QED) is 0.279. The van der Waals surface area contributed by atoms with Crippen LogP contribution in [0.5, 0.6) is 0 Å². The molecule has 5 aromatic rings. The molecule has 10 heteroatoms. The summed E-state index contributed by atoms with van der Waals surface area (Å²) in [5.74, 6) is -0.288. The van der Waals surface area contributed by atoms with Crippen molar-refractivity contribution >= 4 is 17.1 Å². The molecule has 0 atom stereocenters. The van der Waals surface area contributed by atoms with Crippen molar-refractivity contribution in [1.29, 1.82) is 5.26 Å². The standard InChI is InChI=1S/C28H21FN6O3/c1-3-37-28(36)18-9-21(29)25-23(12-18)33-27(38-25)24-11-17(10-22(32-24)16-5-6-16)19-7-4-15(13-30)8-20(19)26-34-31-14-35(26)2/h4,7-12,14,16H,3,5-6H2,1-2H3. The predicted octanol–water partition coefficient (Wildman–Crippen LogP) is 5.42. The Hall–Kier alpha value is -4.91. The van der Waals surface area contributed by atoms with Gasteiger partial charge in [-0.2, -0.15) is 5.26 Å². The summed E-state index contributed by atoms with van der Waals surface area (Å²) in [6.45, 7) is 1.86. The van der Waals surface area contributed by atoms with E-state index in [1.807, 2.05) is 25.2 Å². The van der Waals surface area contributed by atoms with Gasteiger partial charge in [0.25, 0.3) is 0 Å². The number of oxazole rings is 1. The van der Waals surface area contributed by atoms with Gasteiger partial charge < -0.3 is 13.7 Å². The number of benzene rings is 2. The molecule has 0 saturated heterocycles. The van der Waals surface area contributed by atoms with E-state index in [4.69, 9.17) is 14.1 Å². The second-order valence-electron chi connectivity index (χ2n) is 9.12. The van der Waals surface area contributed by atoms with Crippen molar-refractivity contribution in [2.24, 2.45) is 7.05 Å². The van der Waals surface area contributed by atoms with Gasteiger partial charge in [0.1, 0.15) is 17.5 Å². The molecule has 3 heterocycles. The molecular weight excluding hydrogens is 487 g/mol. The summed E-state index contributed by atoms with van der Waals surface area (Å²) in [4.78, 5) is 21.4. The fourth-order valence-electron chi connectivity index (χ4n) is 4.42. The van der Waals surface area contributed by atoms with Crippen molar-refractivity contribution in [2.75, 3.05) is 6.61 Å². The lowest BCUT2D eigenvalue weighted by Gasteiger charge is -2.12. The molecule has 38 heavy (non-hydrogen) atoms. The fraction of sp³-hybridized carbons (Fsp3) is 0.214. The third-order valence-corrected chi connectivity index (χ3v) is 6.43. The van der Waals surface area contributed by atoms with Crippen LogP contribution in [0, 0.1) is 17.1 Å². The number of halogens is 1. The average molecular weight is 509 g/mol. The van der Waals surface area contributed by atoms with Crippen molar-refractivity contribution in [3.8, 4) is 40.2 Å². The van der Waals surface area contributed by atoms with E-state index in [9.17, 15) is 14.4 Å². The van der Waals surface area contributed by atoms with Crippen LogP contribution in [0.15, 0.2) is 53.2 Å². The number of hydrogen-bond donors (Lipinski definition) is 0. The fourth-order valence-corrected chi connectivity index (χ4v) is 4.42. The van der Waals surface area contributed by atoms with E-state index < -0.39 is 11.8 Å². The molecule has 0 aliphatic heterocycles. The zero-order valence-electron chi connectivity index (χ0n) is 20.6. The molecule has 1 aliphatic carbocycles. The number of carbonyl (C=O) groups is 1. The minimum Gasteiger partial charge on any atom is -0.462 e. The first-order valence-electron chi connectivity index (χ1n) is 12.1. The first-order chi connectivity index (χ1) is 18.4. The summed E-state index contributed by atoms with van der Waals surface area (Å²) in [6.07, 6.45) is 3.64. The van der Waals surface area contributed by atoms with Crippen LogP contribution in [0.2, 0.25) is 0 Å². The van der Waals surface area contributed by atoms with Crippen molar-refractivity contribution in [1.82, 2.24) is 24.7 Å². The van der Waals surface area contributed by atoms with Crippen molar-refractivity contribution in [3.05, 3.63) is 71.4 Å². The Kier molecular flexibility index (Phi) is 5.68. The Morgan fingerprint density at radius 2 is 2.03 bits per heavy atom. The molecule has 0 N–H and O–H groups in total. The lowest BCUT2D eigenvalue weighted by atomic mass is 9.96. The number of ether oxygens (including phenoxy) is 1. The van der Waals surface area contributed by atoms with Gasteiger partial charge in [0, 0.05) is 24.2 Å². The van der Waals surface area contributed by atoms with E-state index in [-0.39, 0.29) is 29.2 Å². The third kappa shape index (κ3) is 4.18. The van der Waals surface area contributed by atoms with E-state index >= 15 is 0 Å². The molecule has 9 nitrogen and oxygen atoms in total. The van der Waals surface area contributed by atoms with Gasteiger partial charge in [0.2, 0.25) is 5.89 Å². The average Bonchev–Trinajstić information content (AvgIpc) is 3.55.